The van der Waals surface area contributed by atoms with Crippen LogP contribution in [0.25, 0.3) is 0 Å². The molecule has 0 aromatic rings. The molecular formula is C17H26O2. The fourth-order valence-electron chi connectivity index (χ4n) is 3.30. The number of hydrogen-bond acceptors (Lipinski definition) is 2. The van der Waals surface area contributed by atoms with Crippen molar-refractivity contribution in [2.24, 2.45) is 11.3 Å². The van der Waals surface area contributed by atoms with Crippen LogP contribution >= 0.6 is 0 Å². The fourth-order valence-corrected chi connectivity index (χ4v) is 3.30. The Labute approximate surface area is 116 Å². The van der Waals surface area contributed by atoms with Crippen LogP contribution in [0.2, 0.25) is 0 Å². The molecule has 0 aromatic heterocycles. The van der Waals surface area contributed by atoms with Crippen molar-refractivity contribution in [3.05, 3.63) is 24.3 Å². The van der Waals surface area contributed by atoms with Gasteiger partial charge in [-0.3, -0.25) is 4.79 Å². The summed E-state index contributed by atoms with van der Waals surface area (Å²) in [5.41, 5.74) is 0.785. The number of ether oxygens (including phenoxy) is 1. The van der Waals surface area contributed by atoms with Gasteiger partial charge in [0.15, 0.2) is 0 Å². The Bertz CT molecular complexity index is 357. The van der Waals surface area contributed by atoms with Gasteiger partial charge in [0, 0.05) is 0 Å². The van der Waals surface area contributed by atoms with E-state index < -0.39 is 0 Å². The lowest BCUT2D eigenvalue weighted by atomic mass is 9.70. The number of esters is 1. The summed E-state index contributed by atoms with van der Waals surface area (Å²) in [4.78, 5) is 12.1. The third kappa shape index (κ3) is 3.49. The molecule has 0 amide bonds. The van der Waals surface area contributed by atoms with Crippen LogP contribution < -0.4 is 0 Å². The van der Waals surface area contributed by atoms with Gasteiger partial charge in [-0.1, -0.05) is 50.0 Å². The number of allylic oxidation sites excluding steroid dienone is 3. The zero-order valence-corrected chi connectivity index (χ0v) is 12.1. The number of hydrogen-bond donors (Lipinski definition) is 0. The predicted molar refractivity (Wildman–Crippen MR) is 77.8 cm³/mol. The van der Waals surface area contributed by atoms with Crippen LogP contribution in [0.4, 0.5) is 0 Å². The third-order valence-electron chi connectivity index (χ3n) is 4.75. The second kappa shape index (κ2) is 6.40. The number of carbonyl (C=O) groups excluding carboxylic acids is 1. The van der Waals surface area contributed by atoms with E-state index in [1.165, 1.54) is 32.8 Å². The van der Waals surface area contributed by atoms with Gasteiger partial charge in [0.2, 0.25) is 0 Å². The molecule has 19 heavy (non-hydrogen) atoms. The van der Waals surface area contributed by atoms with Gasteiger partial charge in [-0.15, -0.1) is 0 Å². The van der Waals surface area contributed by atoms with Crippen molar-refractivity contribution < 1.29 is 9.53 Å². The zero-order valence-electron chi connectivity index (χ0n) is 12.1. The second-order valence-electron chi connectivity index (χ2n) is 6.22. The van der Waals surface area contributed by atoms with Crippen molar-refractivity contribution in [2.45, 2.75) is 57.8 Å². The molecule has 0 aromatic carbocycles. The Morgan fingerprint density at radius 1 is 1.26 bits per heavy atom. The van der Waals surface area contributed by atoms with E-state index in [0.717, 1.165) is 43.6 Å². The largest absolute Gasteiger partial charge is 0.469 e. The van der Waals surface area contributed by atoms with Gasteiger partial charge in [0.1, 0.15) is 0 Å². The van der Waals surface area contributed by atoms with Crippen LogP contribution in [-0.2, 0) is 9.53 Å². The van der Waals surface area contributed by atoms with E-state index in [1.807, 2.05) is 0 Å². The molecule has 0 aliphatic heterocycles. The van der Waals surface area contributed by atoms with Crippen molar-refractivity contribution >= 4 is 5.97 Å². The molecule has 2 rings (SSSR count). The summed E-state index contributed by atoms with van der Waals surface area (Å²) < 4.78 is 5.05. The monoisotopic (exact) mass is 262 g/mol. The molecule has 0 saturated heterocycles. The number of rotatable bonds is 5. The number of methoxy groups -OCH3 is 1. The first-order chi connectivity index (χ1) is 9.16. The highest BCUT2D eigenvalue weighted by atomic mass is 16.5. The van der Waals surface area contributed by atoms with Gasteiger partial charge in [0.25, 0.3) is 0 Å². The van der Waals surface area contributed by atoms with E-state index in [4.69, 9.17) is 4.74 Å². The first kappa shape index (κ1) is 14.4. The zero-order chi connectivity index (χ0) is 13.7. The topological polar surface area (TPSA) is 26.3 Å². The lowest BCUT2D eigenvalue weighted by Crippen LogP contribution is -2.34. The van der Waals surface area contributed by atoms with Crippen LogP contribution in [-0.4, -0.2) is 13.1 Å². The van der Waals surface area contributed by atoms with Crippen LogP contribution in [0.5, 0.6) is 0 Å². The summed E-state index contributed by atoms with van der Waals surface area (Å²) in [5, 5.41) is 0. The normalized spacial score (nSPS) is 23.0. The highest BCUT2D eigenvalue weighted by Gasteiger charge is 2.40. The fraction of sp³-hybridized carbons (Fsp3) is 0.706. The maximum atomic E-state index is 12.1. The lowest BCUT2D eigenvalue weighted by molar-refractivity contribution is -0.154. The maximum absolute atomic E-state index is 12.1. The predicted octanol–water partition coefficient (Wildman–Crippen LogP) is 4.41. The average molecular weight is 262 g/mol. The van der Waals surface area contributed by atoms with E-state index in [2.05, 4.69) is 18.7 Å². The highest BCUT2D eigenvalue weighted by Crippen LogP contribution is 2.42. The molecule has 106 valence electrons. The molecule has 2 nitrogen and oxygen atoms in total. The number of carbonyl (C=O) groups is 1. The van der Waals surface area contributed by atoms with Crippen molar-refractivity contribution in [3.8, 4) is 0 Å². The molecular weight excluding hydrogens is 236 g/mol. The SMILES string of the molecule is C=C(/C=C\C1CCC1)CC1(C(=O)OC)CCCCC1. The van der Waals surface area contributed by atoms with E-state index in [0.29, 0.717) is 0 Å². The van der Waals surface area contributed by atoms with E-state index >= 15 is 0 Å². The van der Waals surface area contributed by atoms with Crippen molar-refractivity contribution in [3.63, 3.8) is 0 Å². The van der Waals surface area contributed by atoms with Gasteiger partial charge in [-0.2, -0.15) is 0 Å². The first-order valence-electron chi connectivity index (χ1n) is 7.61. The Kier molecular flexibility index (Phi) is 4.84. The summed E-state index contributed by atoms with van der Waals surface area (Å²) in [6, 6.07) is 0. The van der Waals surface area contributed by atoms with Crippen LogP contribution in [0.1, 0.15) is 57.8 Å². The summed E-state index contributed by atoms with van der Waals surface area (Å²) >= 11 is 0. The molecule has 2 saturated carbocycles. The minimum absolute atomic E-state index is 0.0367. The smallest absolute Gasteiger partial charge is 0.312 e. The molecule has 0 radical (unpaired) electrons. The minimum Gasteiger partial charge on any atom is -0.469 e. The Morgan fingerprint density at radius 2 is 1.95 bits per heavy atom. The maximum Gasteiger partial charge on any atom is 0.312 e. The summed E-state index contributed by atoms with van der Waals surface area (Å²) in [6.45, 7) is 4.15. The Balaban J connectivity index is 1.96. The molecule has 2 aliphatic rings. The summed E-state index contributed by atoms with van der Waals surface area (Å²) in [6.07, 6.45) is 14.6. The van der Waals surface area contributed by atoms with Crippen molar-refractivity contribution in [2.75, 3.05) is 7.11 Å². The molecule has 2 aliphatic carbocycles. The Morgan fingerprint density at radius 3 is 2.47 bits per heavy atom. The molecule has 2 heteroatoms. The third-order valence-corrected chi connectivity index (χ3v) is 4.75. The van der Waals surface area contributed by atoms with Crippen LogP contribution in [0.15, 0.2) is 24.3 Å². The highest BCUT2D eigenvalue weighted by molar-refractivity contribution is 5.77. The van der Waals surface area contributed by atoms with E-state index in [-0.39, 0.29) is 11.4 Å². The quantitative estimate of drug-likeness (QED) is 0.542. The standard InChI is InChI=1S/C17H26O2/c1-14(9-10-15-7-6-8-15)13-17(16(18)19-2)11-4-3-5-12-17/h9-10,15H,1,3-8,11-13H2,2H3/b10-9-. The van der Waals surface area contributed by atoms with Gasteiger partial charge < -0.3 is 4.74 Å². The summed E-state index contributed by atoms with van der Waals surface area (Å²) in [7, 11) is 1.51. The van der Waals surface area contributed by atoms with Gasteiger partial charge in [-0.25, -0.2) is 0 Å². The minimum atomic E-state index is -0.298. The molecule has 0 bridgehead atoms. The van der Waals surface area contributed by atoms with Crippen LogP contribution in [0.3, 0.4) is 0 Å². The van der Waals surface area contributed by atoms with Crippen LogP contribution in [0, 0.1) is 11.3 Å². The molecule has 0 heterocycles. The van der Waals surface area contributed by atoms with Gasteiger partial charge >= 0.3 is 5.97 Å². The van der Waals surface area contributed by atoms with Crippen molar-refractivity contribution in [1.29, 1.82) is 0 Å². The Hall–Kier alpha value is -1.05. The van der Waals surface area contributed by atoms with Gasteiger partial charge in [0.05, 0.1) is 12.5 Å². The average Bonchev–Trinajstić information content (AvgIpc) is 2.37. The van der Waals surface area contributed by atoms with E-state index in [1.54, 1.807) is 0 Å². The first-order valence-corrected chi connectivity index (χ1v) is 7.61. The van der Waals surface area contributed by atoms with Gasteiger partial charge in [-0.05, 0) is 38.0 Å². The van der Waals surface area contributed by atoms with E-state index in [9.17, 15) is 4.79 Å². The molecule has 0 unspecified atom stereocenters. The summed E-state index contributed by atoms with van der Waals surface area (Å²) in [5.74, 6) is 0.711. The lowest BCUT2D eigenvalue weighted by Gasteiger charge is -2.34. The second-order valence-corrected chi connectivity index (χ2v) is 6.22. The molecule has 0 atom stereocenters. The molecule has 0 spiro atoms. The molecule has 2 fully saturated rings. The molecule has 0 N–H and O–H groups in total. The van der Waals surface area contributed by atoms with Crippen molar-refractivity contribution in [1.82, 2.24) is 0 Å².